The van der Waals surface area contributed by atoms with Gasteiger partial charge in [-0.3, -0.25) is 4.79 Å². The number of aliphatic hydroxyl groups excluding tert-OH is 1. The Morgan fingerprint density at radius 2 is 2.21 bits per heavy atom. The van der Waals surface area contributed by atoms with E-state index in [-0.39, 0.29) is 10.6 Å². The second-order valence-corrected chi connectivity index (χ2v) is 3.15. The Balaban J connectivity index is 3.06. The zero-order valence-corrected chi connectivity index (χ0v) is 7.83. The van der Waals surface area contributed by atoms with Crippen LogP contribution in [-0.4, -0.2) is 22.8 Å². The van der Waals surface area contributed by atoms with E-state index in [0.717, 1.165) is 6.07 Å². The van der Waals surface area contributed by atoms with Crippen molar-refractivity contribution in [1.29, 1.82) is 0 Å². The van der Waals surface area contributed by atoms with Gasteiger partial charge in [-0.15, -0.1) is 0 Å². The third kappa shape index (κ3) is 2.21. The molecule has 0 bridgehead atoms. The van der Waals surface area contributed by atoms with Crippen LogP contribution in [0.5, 0.6) is 0 Å². The molecule has 0 heterocycles. The molecule has 0 aliphatic rings. The number of carbonyl (C=O) groups is 1. The van der Waals surface area contributed by atoms with Crippen molar-refractivity contribution < 1.29 is 19.4 Å². The van der Waals surface area contributed by atoms with E-state index in [9.17, 15) is 9.18 Å². The van der Waals surface area contributed by atoms with E-state index < -0.39 is 24.3 Å². The lowest BCUT2D eigenvalue weighted by Crippen LogP contribution is -2.15. The molecule has 0 spiro atoms. The molecule has 0 saturated carbocycles. The summed E-state index contributed by atoms with van der Waals surface area (Å²) in [5.74, 6) is -2.85. The van der Waals surface area contributed by atoms with Crippen LogP contribution >= 0.6 is 11.6 Å². The predicted molar refractivity (Wildman–Crippen MR) is 48.9 cm³/mol. The highest BCUT2D eigenvalue weighted by Crippen LogP contribution is 2.22. The summed E-state index contributed by atoms with van der Waals surface area (Å²) in [7, 11) is 0. The lowest BCUT2D eigenvalue weighted by atomic mass is 10.0. The van der Waals surface area contributed by atoms with Crippen LogP contribution in [0.1, 0.15) is 11.5 Å². The zero-order chi connectivity index (χ0) is 10.7. The van der Waals surface area contributed by atoms with E-state index in [0.29, 0.717) is 0 Å². The van der Waals surface area contributed by atoms with E-state index >= 15 is 0 Å². The maximum absolute atomic E-state index is 12.7. The topological polar surface area (TPSA) is 57.5 Å². The summed E-state index contributed by atoms with van der Waals surface area (Å²) >= 11 is 5.47. The largest absolute Gasteiger partial charge is 0.481 e. The SMILES string of the molecule is O=C(O)C(CO)c1ccc(F)c(Cl)c1. The van der Waals surface area contributed by atoms with Gasteiger partial charge in [0.2, 0.25) is 0 Å². The molecule has 3 nitrogen and oxygen atoms in total. The molecule has 0 aliphatic carbocycles. The minimum atomic E-state index is -1.17. The number of hydrogen-bond donors (Lipinski definition) is 2. The molecule has 0 amide bonds. The second-order valence-electron chi connectivity index (χ2n) is 2.75. The standard InChI is InChI=1S/C9H8ClFO3/c10-7-3-5(1-2-8(7)11)6(4-12)9(13)14/h1-3,6,12H,4H2,(H,13,14). The molecular weight excluding hydrogens is 211 g/mol. The Labute approximate surface area is 84.7 Å². The Morgan fingerprint density at radius 3 is 2.64 bits per heavy atom. The minimum Gasteiger partial charge on any atom is -0.481 e. The maximum atomic E-state index is 12.7. The number of carboxylic acid groups (broad SMARTS) is 1. The van der Waals surface area contributed by atoms with E-state index in [1.54, 1.807) is 0 Å². The fourth-order valence-electron chi connectivity index (χ4n) is 1.06. The van der Waals surface area contributed by atoms with Crippen LogP contribution in [0.2, 0.25) is 5.02 Å². The fourth-order valence-corrected chi connectivity index (χ4v) is 1.24. The molecule has 0 saturated heterocycles. The van der Waals surface area contributed by atoms with Crippen molar-refractivity contribution in [3.63, 3.8) is 0 Å². The monoisotopic (exact) mass is 218 g/mol. The van der Waals surface area contributed by atoms with E-state index in [4.69, 9.17) is 21.8 Å². The number of carboxylic acids is 1. The molecule has 0 fully saturated rings. The number of rotatable bonds is 3. The summed E-state index contributed by atoms with van der Waals surface area (Å²) < 4.78 is 12.7. The quantitative estimate of drug-likeness (QED) is 0.811. The van der Waals surface area contributed by atoms with Gasteiger partial charge in [0.25, 0.3) is 0 Å². The maximum Gasteiger partial charge on any atom is 0.313 e. The van der Waals surface area contributed by atoms with Crippen molar-refractivity contribution >= 4 is 17.6 Å². The predicted octanol–water partition coefficient (Wildman–Crippen LogP) is 1.64. The third-order valence-corrected chi connectivity index (χ3v) is 2.12. The van der Waals surface area contributed by atoms with Gasteiger partial charge in [-0.05, 0) is 17.7 Å². The van der Waals surface area contributed by atoms with Crippen molar-refractivity contribution in [3.8, 4) is 0 Å². The van der Waals surface area contributed by atoms with Crippen LogP contribution in [0.4, 0.5) is 4.39 Å². The van der Waals surface area contributed by atoms with Crippen LogP contribution in [0.25, 0.3) is 0 Å². The Bertz CT molecular complexity index is 354. The van der Waals surface area contributed by atoms with Gasteiger partial charge in [0, 0.05) is 0 Å². The average Bonchev–Trinajstić information content (AvgIpc) is 2.11. The minimum absolute atomic E-state index is 0.151. The lowest BCUT2D eigenvalue weighted by molar-refractivity contribution is -0.139. The molecule has 14 heavy (non-hydrogen) atoms. The molecule has 1 aromatic carbocycles. The molecule has 76 valence electrons. The van der Waals surface area contributed by atoms with Gasteiger partial charge in [0.15, 0.2) is 0 Å². The van der Waals surface area contributed by atoms with Crippen molar-refractivity contribution in [2.24, 2.45) is 0 Å². The van der Waals surface area contributed by atoms with Crippen LogP contribution in [0.15, 0.2) is 18.2 Å². The first kappa shape index (κ1) is 10.9. The summed E-state index contributed by atoms with van der Waals surface area (Å²) in [5.41, 5.74) is 0.284. The molecule has 2 N–H and O–H groups in total. The molecular formula is C9H8ClFO3. The van der Waals surface area contributed by atoms with Crippen LogP contribution < -0.4 is 0 Å². The summed E-state index contributed by atoms with van der Waals surface area (Å²) in [6.07, 6.45) is 0. The first-order chi connectivity index (χ1) is 6.56. The first-order valence-electron chi connectivity index (χ1n) is 3.85. The highest BCUT2D eigenvalue weighted by molar-refractivity contribution is 6.30. The number of benzene rings is 1. The van der Waals surface area contributed by atoms with Crippen LogP contribution in [-0.2, 0) is 4.79 Å². The average molecular weight is 219 g/mol. The van der Waals surface area contributed by atoms with Crippen molar-refractivity contribution in [3.05, 3.63) is 34.6 Å². The highest BCUT2D eigenvalue weighted by Gasteiger charge is 2.19. The molecule has 1 atom stereocenters. The highest BCUT2D eigenvalue weighted by atomic mass is 35.5. The van der Waals surface area contributed by atoms with Gasteiger partial charge in [0.05, 0.1) is 11.6 Å². The molecule has 0 aromatic heterocycles. The first-order valence-corrected chi connectivity index (χ1v) is 4.22. The van der Waals surface area contributed by atoms with Crippen molar-refractivity contribution in [2.75, 3.05) is 6.61 Å². The third-order valence-electron chi connectivity index (χ3n) is 1.83. The van der Waals surface area contributed by atoms with Gasteiger partial charge in [-0.25, -0.2) is 4.39 Å². The fraction of sp³-hybridized carbons (Fsp3) is 0.222. The van der Waals surface area contributed by atoms with Gasteiger partial charge >= 0.3 is 5.97 Å². The van der Waals surface area contributed by atoms with Crippen LogP contribution in [0.3, 0.4) is 0 Å². The zero-order valence-electron chi connectivity index (χ0n) is 7.08. The summed E-state index contributed by atoms with van der Waals surface area (Å²) in [6, 6.07) is 3.56. The molecule has 1 aromatic rings. The van der Waals surface area contributed by atoms with E-state index in [1.165, 1.54) is 12.1 Å². The Morgan fingerprint density at radius 1 is 1.57 bits per heavy atom. The lowest BCUT2D eigenvalue weighted by Gasteiger charge is -2.09. The molecule has 1 rings (SSSR count). The van der Waals surface area contributed by atoms with Gasteiger partial charge < -0.3 is 10.2 Å². The summed E-state index contributed by atoms with van der Waals surface area (Å²) in [4.78, 5) is 10.6. The molecule has 0 radical (unpaired) electrons. The van der Waals surface area contributed by atoms with E-state index in [2.05, 4.69) is 0 Å². The Kier molecular flexibility index (Phi) is 3.43. The number of aliphatic hydroxyl groups is 1. The summed E-state index contributed by atoms with van der Waals surface area (Å²) in [5, 5.41) is 17.3. The molecule has 0 aliphatic heterocycles. The number of hydrogen-bond acceptors (Lipinski definition) is 2. The summed E-state index contributed by atoms with van der Waals surface area (Å²) in [6.45, 7) is -0.544. The number of halogens is 2. The smallest absolute Gasteiger partial charge is 0.313 e. The van der Waals surface area contributed by atoms with Gasteiger partial charge in [0.1, 0.15) is 11.7 Å². The Hall–Kier alpha value is -1.13. The van der Waals surface area contributed by atoms with Crippen molar-refractivity contribution in [2.45, 2.75) is 5.92 Å². The molecule has 1 unspecified atom stereocenters. The second kappa shape index (κ2) is 4.39. The van der Waals surface area contributed by atoms with E-state index in [1.807, 2.05) is 0 Å². The van der Waals surface area contributed by atoms with Crippen molar-refractivity contribution in [1.82, 2.24) is 0 Å². The van der Waals surface area contributed by atoms with Crippen LogP contribution in [0, 0.1) is 5.82 Å². The van der Waals surface area contributed by atoms with Gasteiger partial charge in [-0.2, -0.15) is 0 Å². The normalized spacial score (nSPS) is 12.5. The molecule has 5 heteroatoms. The van der Waals surface area contributed by atoms with Gasteiger partial charge in [-0.1, -0.05) is 17.7 Å². The number of aliphatic carboxylic acids is 1.